The zero-order chi connectivity index (χ0) is 19.0. The molecule has 0 atom stereocenters. The molecule has 0 unspecified atom stereocenters. The molecule has 2 aromatic carbocycles. The molecule has 0 aliphatic rings. The van der Waals surface area contributed by atoms with Gasteiger partial charge in [-0.05, 0) is 86.8 Å². The summed E-state index contributed by atoms with van der Waals surface area (Å²) < 4.78 is 7.18. The molecule has 0 aliphatic carbocycles. The first-order valence-electron chi connectivity index (χ1n) is 8.05. The molecule has 0 saturated carbocycles. The fraction of sp³-hybridized carbons (Fsp3) is 0.0500. The number of phenols is 1. The first kappa shape index (κ1) is 17.9. The quantitative estimate of drug-likeness (QED) is 0.277. The summed E-state index contributed by atoms with van der Waals surface area (Å²) in [6.45, 7) is 1.96. The van der Waals surface area contributed by atoms with Crippen molar-refractivity contribution in [2.45, 2.75) is 6.92 Å². The summed E-state index contributed by atoms with van der Waals surface area (Å²) in [4.78, 5) is 13.1. The lowest BCUT2D eigenvalue weighted by atomic mass is 10.1. The van der Waals surface area contributed by atoms with Crippen LogP contribution in [0.2, 0.25) is 0 Å². The second-order valence-corrected chi connectivity index (χ2v) is 7.65. The molecule has 0 radical (unpaired) electrons. The molecule has 134 valence electrons. The van der Waals surface area contributed by atoms with E-state index < -0.39 is 0 Å². The standard InChI is InChI=1S/C20H13Br2N3O2/c1-11-6-13(19(26)15(21)7-11)10-24-14-2-3-17-16(9-14)25-20(27-17)12-4-5-23-18(22)8-12/h2-10,26H,1H3. The Morgan fingerprint density at radius 2 is 1.96 bits per heavy atom. The number of fused-ring (bicyclic) bond motifs is 1. The molecule has 7 heteroatoms. The Balaban J connectivity index is 1.68. The Kier molecular flexibility index (Phi) is 4.80. The molecular formula is C20H13Br2N3O2. The van der Waals surface area contributed by atoms with E-state index in [9.17, 15) is 5.11 Å². The molecule has 5 nitrogen and oxygen atoms in total. The number of aliphatic imine (C=N–C) groups is 1. The van der Waals surface area contributed by atoms with Crippen LogP contribution in [-0.4, -0.2) is 21.3 Å². The Labute approximate surface area is 172 Å². The second-order valence-electron chi connectivity index (χ2n) is 5.98. The molecule has 0 amide bonds. The number of aromatic nitrogens is 2. The number of halogens is 2. The first-order chi connectivity index (χ1) is 13.0. The van der Waals surface area contributed by atoms with Gasteiger partial charge in [-0.25, -0.2) is 9.97 Å². The number of hydrogen-bond donors (Lipinski definition) is 1. The van der Waals surface area contributed by atoms with Crippen molar-refractivity contribution in [2.75, 3.05) is 0 Å². The molecule has 4 aromatic rings. The summed E-state index contributed by atoms with van der Waals surface area (Å²) in [6.07, 6.45) is 3.33. The lowest BCUT2D eigenvalue weighted by molar-refractivity contribution is 0.471. The molecule has 0 fully saturated rings. The van der Waals surface area contributed by atoms with Crippen molar-refractivity contribution < 1.29 is 9.52 Å². The Morgan fingerprint density at radius 3 is 2.78 bits per heavy atom. The van der Waals surface area contributed by atoms with Crippen molar-refractivity contribution in [2.24, 2.45) is 4.99 Å². The van der Waals surface area contributed by atoms with Crippen LogP contribution in [0.1, 0.15) is 11.1 Å². The number of aromatic hydroxyl groups is 1. The van der Waals surface area contributed by atoms with E-state index in [-0.39, 0.29) is 5.75 Å². The molecule has 0 saturated heterocycles. The monoisotopic (exact) mass is 485 g/mol. The maximum atomic E-state index is 10.1. The highest BCUT2D eigenvalue weighted by Gasteiger charge is 2.10. The number of nitrogens with zero attached hydrogens (tertiary/aromatic N) is 3. The van der Waals surface area contributed by atoms with Crippen molar-refractivity contribution in [3.05, 3.63) is 68.9 Å². The number of oxazole rings is 1. The predicted octanol–water partition coefficient (Wildman–Crippen LogP) is 6.18. The highest BCUT2D eigenvalue weighted by molar-refractivity contribution is 9.10. The van der Waals surface area contributed by atoms with Gasteiger partial charge < -0.3 is 9.52 Å². The summed E-state index contributed by atoms with van der Waals surface area (Å²) in [5.41, 5.74) is 4.62. The van der Waals surface area contributed by atoms with Crippen LogP contribution >= 0.6 is 31.9 Å². The molecular weight excluding hydrogens is 474 g/mol. The molecule has 1 N–H and O–H groups in total. The van der Waals surface area contributed by atoms with Crippen molar-refractivity contribution in [1.82, 2.24) is 9.97 Å². The fourth-order valence-corrected chi connectivity index (χ4v) is 3.61. The zero-order valence-corrected chi connectivity index (χ0v) is 17.3. The van der Waals surface area contributed by atoms with Crippen molar-refractivity contribution >= 4 is 54.9 Å². The molecule has 2 aromatic heterocycles. The summed E-state index contributed by atoms with van der Waals surface area (Å²) in [5, 5.41) is 10.1. The lowest BCUT2D eigenvalue weighted by Gasteiger charge is -2.03. The molecule has 0 bridgehead atoms. The van der Waals surface area contributed by atoms with Gasteiger partial charge in [-0.2, -0.15) is 0 Å². The van der Waals surface area contributed by atoms with E-state index in [4.69, 9.17) is 4.42 Å². The van der Waals surface area contributed by atoms with Crippen LogP contribution in [0.15, 0.2) is 67.1 Å². The normalized spacial score (nSPS) is 11.5. The molecule has 0 spiro atoms. The van der Waals surface area contributed by atoms with Gasteiger partial charge in [-0.15, -0.1) is 0 Å². The number of aryl methyl sites for hydroxylation is 1. The first-order valence-corrected chi connectivity index (χ1v) is 9.64. The van der Waals surface area contributed by atoms with Gasteiger partial charge >= 0.3 is 0 Å². The number of benzene rings is 2. The Morgan fingerprint density at radius 1 is 1.11 bits per heavy atom. The van der Waals surface area contributed by atoms with Crippen molar-refractivity contribution in [3.8, 4) is 17.2 Å². The maximum absolute atomic E-state index is 10.1. The fourth-order valence-electron chi connectivity index (χ4n) is 2.66. The number of phenolic OH excluding ortho intramolecular Hbond substituents is 1. The minimum Gasteiger partial charge on any atom is -0.506 e. The number of pyridine rings is 1. The molecule has 4 rings (SSSR count). The van der Waals surface area contributed by atoms with E-state index in [1.807, 2.05) is 49.4 Å². The van der Waals surface area contributed by atoms with Gasteiger partial charge in [0.25, 0.3) is 0 Å². The van der Waals surface area contributed by atoms with Crippen LogP contribution in [0.5, 0.6) is 5.75 Å². The smallest absolute Gasteiger partial charge is 0.227 e. The summed E-state index contributed by atoms with van der Waals surface area (Å²) in [5.74, 6) is 0.687. The summed E-state index contributed by atoms with van der Waals surface area (Å²) >= 11 is 6.69. The highest BCUT2D eigenvalue weighted by atomic mass is 79.9. The lowest BCUT2D eigenvalue weighted by Crippen LogP contribution is -1.86. The Bertz CT molecular complexity index is 1190. The van der Waals surface area contributed by atoms with E-state index in [2.05, 4.69) is 46.8 Å². The summed E-state index contributed by atoms with van der Waals surface area (Å²) in [6, 6.07) is 12.9. The van der Waals surface area contributed by atoms with Crippen LogP contribution in [0, 0.1) is 6.92 Å². The molecule has 27 heavy (non-hydrogen) atoms. The van der Waals surface area contributed by atoms with Gasteiger partial charge in [0.2, 0.25) is 5.89 Å². The third-order valence-electron chi connectivity index (χ3n) is 3.93. The summed E-state index contributed by atoms with van der Waals surface area (Å²) in [7, 11) is 0. The third-order valence-corrected chi connectivity index (χ3v) is 4.97. The average Bonchev–Trinajstić information content (AvgIpc) is 3.07. The number of rotatable bonds is 3. The third kappa shape index (κ3) is 3.79. The van der Waals surface area contributed by atoms with E-state index in [1.165, 1.54) is 0 Å². The van der Waals surface area contributed by atoms with Gasteiger partial charge in [0, 0.05) is 23.5 Å². The van der Waals surface area contributed by atoms with Crippen molar-refractivity contribution in [3.63, 3.8) is 0 Å². The molecule has 0 aliphatic heterocycles. The van der Waals surface area contributed by atoms with Crippen molar-refractivity contribution in [1.29, 1.82) is 0 Å². The number of hydrogen-bond acceptors (Lipinski definition) is 5. The van der Waals surface area contributed by atoms with E-state index in [0.717, 1.165) is 21.4 Å². The average molecular weight is 487 g/mol. The van der Waals surface area contributed by atoms with Gasteiger partial charge in [0.15, 0.2) is 5.58 Å². The second kappa shape index (κ2) is 7.25. The largest absolute Gasteiger partial charge is 0.506 e. The molecule has 2 heterocycles. The minimum absolute atomic E-state index is 0.164. The van der Waals surface area contributed by atoms with Crippen LogP contribution < -0.4 is 0 Å². The highest BCUT2D eigenvalue weighted by Crippen LogP contribution is 2.30. The van der Waals surface area contributed by atoms with Gasteiger partial charge in [0.05, 0.1) is 10.2 Å². The van der Waals surface area contributed by atoms with Crippen LogP contribution in [0.25, 0.3) is 22.6 Å². The van der Waals surface area contributed by atoms with E-state index >= 15 is 0 Å². The topological polar surface area (TPSA) is 71.5 Å². The predicted molar refractivity (Wildman–Crippen MR) is 113 cm³/mol. The van der Waals surface area contributed by atoms with Gasteiger partial charge in [-0.3, -0.25) is 4.99 Å². The Hall–Kier alpha value is -2.51. The van der Waals surface area contributed by atoms with Crippen LogP contribution in [-0.2, 0) is 0 Å². The van der Waals surface area contributed by atoms with Gasteiger partial charge in [-0.1, -0.05) is 0 Å². The zero-order valence-electron chi connectivity index (χ0n) is 14.1. The minimum atomic E-state index is 0.164. The van der Waals surface area contributed by atoms with Gasteiger partial charge in [0.1, 0.15) is 15.9 Å². The van der Waals surface area contributed by atoms with Crippen LogP contribution in [0.4, 0.5) is 5.69 Å². The van der Waals surface area contributed by atoms with E-state index in [1.54, 1.807) is 12.4 Å². The van der Waals surface area contributed by atoms with E-state index in [0.29, 0.717) is 27.0 Å². The maximum Gasteiger partial charge on any atom is 0.227 e. The SMILES string of the molecule is Cc1cc(Br)c(O)c(C=Nc2ccc3oc(-c4ccnc(Br)c4)nc3c2)c1. The van der Waals surface area contributed by atoms with Crippen LogP contribution in [0.3, 0.4) is 0 Å².